The number of hydrogen-bond donors (Lipinski definition) is 1. The van der Waals surface area contributed by atoms with E-state index < -0.39 is 17.9 Å². The van der Waals surface area contributed by atoms with Crippen molar-refractivity contribution in [2.45, 2.75) is 33.7 Å². The maximum Gasteiger partial charge on any atom is 0.318 e. The van der Waals surface area contributed by atoms with Gasteiger partial charge in [0, 0.05) is 6.92 Å². The molecule has 0 aliphatic rings. The number of amides is 1. The third-order valence-electron chi connectivity index (χ3n) is 3.35. The number of benzene rings is 1. The second kappa shape index (κ2) is 7.02. The Morgan fingerprint density at radius 1 is 1.14 bits per heavy atom. The first-order chi connectivity index (χ1) is 9.77. The molecule has 0 aromatic heterocycles. The van der Waals surface area contributed by atoms with E-state index in [0.29, 0.717) is 0 Å². The van der Waals surface area contributed by atoms with E-state index in [0.717, 1.165) is 16.7 Å². The zero-order chi connectivity index (χ0) is 16.2. The summed E-state index contributed by atoms with van der Waals surface area (Å²) in [6, 6.07) is 4.92. The van der Waals surface area contributed by atoms with Gasteiger partial charge in [0.2, 0.25) is 5.91 Å². The Morgan fingerprint density at radius 2 is 1.76 bits per heavy atom. The summed E-state index contributed by atoms with van der Waals surface area (Å²) in [7, 11) is 1.23. The summed E-state index contributed by atoms with van der Waals surface area (Å²) in [6.45, 7) is 6.50. The highest BCUT2D eigenvalue weighted by Crippen LogP contribution is 2.27. The predicted molar refractivity (Wildman–Crippen MR) is 78.7 cm³/mol. The van der Waals surface area contributed by atoms with Crippen molar-refractivity contribution in [3.8, 4) is 0 Å². The van der Waals surface area contributed by atoms with Crippen LogP contribution in [-0.4, -0.2) is 24.8 Å². The summed E-state index contributed by atoms with van der Waals surface area (Å²) in [4.78, 5) is 35.3. The third-order valence-corrected chi connectivity index (χ3v) is 3.35. The smallest absolute Gasteiger partial charge is 0.318 e. The number of methoxy groups -OCH3 is 1. The number of carbonyl (C=O) groups is 3. The molecule has 0 bridgehead atoms. The van der Waals surface area contributed by atoms with Crippen LogP contribution in [0.2, 0.25) is 0 Å². The molecule has 2 atom stereocenters. The summed E-state index contributed by atoms with van der Waals surface area (Å²) in [5.74, 6) is -2.36. The van der Waals surface area contributed by atoms with E-state index >= 15 is 0 Å². The van der Waals surface area contributed by atoms with Gasteiger partial charge in [-0.2, -0.15) is 0 Å². The Kier molecular flexibility index (Phi) is 5.64. The highest BCUT2D eigenvalue weighted by Gasteiger charge is 2.35. The molecule has 0 aliphatic carbocycles. The van der Waals surface area contributed by atoms with Gasteiger partial charge in [-0.25, -0.2) is 0 Å². The van der Waals surface area contributed by atoms with E-state index in [1.807, 2.05) is 32.0 Å². The van der Waals surface area contributed by atoms with Crippen LogP contribution in [0.25, 0.3) is 0 Å². The van der Waals surface area contributed by atoms with Crippen LogP contribution in [0.15, 0.2) is 18.2 Å². The van der Waals surface area contributed by atoms with Gasteiger partial charge >= 0.3 is 5.97 Å². The Hall–Kier alpha value is -2.17. The summed E-state index contributed by atoms with van der Waals surface area (Å²) in [5.41, 5.74) is 2.71. The van der Waals surface area contributed by atoms with Gasteiger partial charge in [-0.15, -0.1) is 0 Å². The molecule has 0 spiro atoms. The number of ether oxygens (including phenoxy) is 1. The lowest BCUT2D eigenvalue weighted by atomic mass is 9.87. The standard InChI is InChI=1S/C16H21NO4/c1-9-6-7-13(10(2)8-9)15(17-12(4)19)14(11(3)18)16(20)21-5/h6-8,14-15H,1-5H3,(H,17,19)/t14-,15+/m0/s1. The molecule has 0 heterocycles. The van der Waals surface area contributed by atoms with E-state index in [-0.39, 0.29) is 11.7 Å². The molecular formula is C16H21NO4. The van der Waals surface area contributed by atoms with Gasteiger partial charge in [0.1, 0.15) is 11.7 Å². The zero-order valence-electron chi connectivity index (χ0n) is 13.0. The van der Waals surface area contributed by atoms with Crippen molar-refractivity contribution < 1.29 is 19.1 Å². The summed E-state index contributed by atoms with van der Waals surface area (Å²) < 4.78 is 4.71. The average Bonchev–Trinajstić information content (AvgIpc) is 2.36. The van der Waals surface area contributed by atoms with Crippen molar-refractivity contribution in [2.24, 2.45) is 5.92 Å². The highest BCUT2D eigenvalue weighted by molar-refractivity contribution is 5.99. The van der Waals surface area contributed by atoms with Gasteiger partial charge in [0.15, 0.2) is 0 Å². The second-order valence-corrected chi connectivity index (χ2v) is 5.15. The molecule has 0 saturated heterocycles. The lowest BCUT2D eigenvalue weighted by Gasteiger charge is -2.26. The number of aryl methyl sites for hydroxylation is 2. The quantitative estimate of drug-likeness (QED) is 0.664. The van der Waals surface area contributed by atoms with Gasteiger partial charge in [0.25, 0.3) is 0 Å². The third kappa shape index (κ3) is 4.15. The Morgan fingerprint density at radius 3 is 2.19 bits per heavy atom. The number of ketones is 1. The molecular weight excluding hydrogens is 270 g/mol. The zero-order valence-corrected chi connectivity index (χ0v) is 13.0. The van der Waals surface area contributed by atoms with E-state index in [2.05, 4.69) is 5.32 Å². The summed E-state index contributed by atoms with van der Waals surface area (Å²) >= 11 is 0. The van der Waals surface area contributed by atoms with Gasteiger partial charge in [0.05, 0.1) is 13.2 Å². The van der Waals surface area contributed by atoms with Crippen molar-refractivity contribution in [1.29, 1.82) is 0 Å². The largest absolute Gasteiger partial charge is 0.468 e. The van der Waals surface area contributed by atoms with E-state index in [1.165, 1.54) is 21.0 Å². The number of hydrogen-bond acceptors (Lipinski definition) is 4. The van der Waals surface area contributed by atoms with Gasteiger partial charge in [-0.3, -0.25) is 14.4 Å². The number of carbonyl (C=O) groups excluding carboxylic acids is 3. The first kappa shape index (κ1) is 16.9. The first-order valence-electron chi connectivity index (χ1n) is 6.70. The van der Waals surface area contributed by atoms with Gasteiger partial charge in [-0.05, 0) is 31.9 Å². The van der Waals surface area contributed by atoms with Crippen LogP contribution in [-0.2, 0) is 19.1 Å². The molecule has 5 heteroatoms. The van der Waals surface area contributed by atoms with Crippen molar-refractivity contribution in [2.75, 3.05) is 7.11 Å². The molecule has 0 radical (unpaired) electrons. The molecule has 5 nitrogen and oxygen atoms in total. The van der Waals surface area contributed by atoms with E-state index in [1.54, 1.807) is 0 Å². The van der Waals surface area contributed by atoms with Crippen molar-refractivity contribution >= 4 is 17.7 Å². The molecule has 0 fully saturated rings. The van der Waals surface area contributed by atoms with Crippen LogP contribution in [0.3, 0.4) is 0 Å². The summed E-state index contributed by atoms with van der Waals surface area (Å²) in [6.07, 6.45) is 0. The SMILES string of the molecule is COC(=O)[C@@H](C(C)=O)[C@H](NC(C)=O)c1ccc(C)cc1C. The fraction of sp³-hybridized carbons (Fsp3) is 0.438. The first-order valence-corrected chi connectivity index (χ1v) is 6.70. The molecule has 1 amide bonds. The van der Waals surface area contributed by atoms with Crippen LogP contribution in [0.5, 0.6) is 0 Å². The molecule has 0 saturated carbocycles. The highest BCUT2D eigenvalue weighted by atomic mass is 16.5. The topological polar surface area (TPSA) is 72.5 Å². The van der Waals surface area contributed by atoms with Crippen LogP contribution < -0.4 is 5.32 Å². The lowest BCUT2D eigenvalue weighted by molar-refractivity contribution is -0.150. The average molecular weight is 291 g/mol. The van der Waals surface area contributed by atoms with E-state index in [9.17, 15) is 14.4 Å². The lowest BCUT2D eigenvalue weighted by Crippen LogP contribution is -2.40. The Balaban J connectivity index is 3.35. The van der Waals surface area contributed by atoms with Crippen LogP contribution in [0.1, 0.15) is 36.6 Å². The van der Waals surface area contributed by atoms with Crippen molar-refractivity contribution in [3.05, 3.63) is 34.9 Å². The minimum atomic E-state index is -1.06. The normalized spacial score (nSPS) is 13.2. The minimum absolute atomic E-state index is 0.310. The molecule has 0 aliphatic heterocycles. The molecule has 1 rings (SSSR count). The number of nitrogens with one attached hydrogen (secondary N) is 1. The predicted octanol–water partition coefficient (Wildman–Crippen LogP) is 1.86. The minimum Gasteiger partial charge on any atom is -0.468 e. The molecule has 0 unspecified atom stereocenters. The van der Waals surface area contributed by atoms with Crippen LogP contribution in [0, 0.1) is 19.8 Å². The molecule has 1 aromatic rings. The maximum absolute atomic E-state index is 11.9. The fourth-order valence-electron chi connectivity index (χ4n) is 2.40. The van der Waals surface area contributed by atoms with Crippen LogP contribution >= 0.6 is 0 Å². The van der Waals surface area contributed by atoms with Crippen molar-refractivity contribution in [1.82, 2.24) is 5.32 Å². The molecule has 21 heavy (non-hydrogen) atoms. The maximum atomic E-state index is 11.9. The van der Waals surface area contributed by atoms with Gasteiger partial charge in [-0.1, -0.05) is 23.8 Å². The van der Waals surface area contributed by atoms with E-state index in [4.69, 9.17) is 4.74 Å². The second-order valence-electron chi connectivity index (χ2n) is 5.15. The monoisotopic (exact) mass is 291 g/mol. The Bertz CT molecular complexity index is 565. The molecule has 1 N–H and O–H groups in total. The number of Topliss-reactive ketones (excluding diaryl/α,β-unsaturated/α-hetero) is 1. The molecule has 114 valence electrons. The fourth-order valence-corrected chi connectivity index (χ4v) is 2.40. The molecule has 1 aromatic carbocycles. The number of rotatable bonds is 5. The van der Waals surface area contributed by atoms with Crippen molar-refractivity contribution in [3.63, 3.8) is 0 Å². The number of esters is 1. The van der Waals surface area contributed by atoms with Gasteiger partial charge < -0.3 is 10.1 Å². The Labute approximate surface area is 124 Å². The van der Waals surface area contributed by atoms with Crippen LogP contribution in [0.4, 0.5) is 0 Å². The summed E-state index contributed by atoms with van der Waals surface area (Å²) in [5, 5.41) is 2.69.